The molecule has 0 rings (SSSR count). The van der Waals surface area contributed by atoms with E-state index in [4.69, 9.17) is 4.84 Å². The van der Waals surface area contributed by atoms with Crippen LogP contribution in [0.4, 0.5) is 0 Å². The molecule has 0 aliphatic heterocycles. The number of rotatable bonds is 4. The molecule has 0 aliphatic rings. The summed E-state index contributed by atoms with van der Waals surface area (Å²) in [6.45, 7) is 12.4. The van der Waals surface area contributed by atoms with E-state index in [0.717, 1.165) is 6.54 Å². The van der Waals surface area contributed by atoms with Crippen LogP contribution >= 0.6 is 0 Å². The molecule has 13 heavy (non-hydrogen) atoms. The quantitative estimate of drug-likeness (QED) is 0.627. The summed E-state index contributed by atoms with van der Waals surface area (Å²) < 4.78 is 0. The first kappa shape index (κ1) is 12.9. The molecule has 2 heteroatoms. The second-order valence-corrected chi connectivity index (χ2v) is 5.21. The second kappa shape index (κ2) is 4.97. The van der Waals surface area contributed by atoms with Crippen molar-refractivity contribution in [3.63, 3.8) is 0 Å². The summed E-state index contributed by atoms with van der Waals surface area (Å²) in [5.41, 5.74) is 0.348. The molecule has 0 bridgehead atoms. The fourth-order valence-corrected chi connectivity index (χ4v) is 1.84. The largest absolute Gasteiger partial charge is 0.303 e. The summed E-state index contributed by atoms with van der Waals surface area (Å²) in [5, 5.41) is 1.91. The molecule has 2 nitrogen and oxygen atoms in total. The third-order valence-corrected chi connectivity index (χ3v) is 2.68. The van der Waals surface area contributed by atoms with Crippen LogP contribution in [0, 0.1) is 17.3 Å². The van der Waals surface area contributed by atoms with Crippen molar-refractivity contribution >= 4 is 0 Å². The van der Waals surface area contributed by atoms with Crippen LogP contribution in [0.2, 0.25) is 0 Å². The third kappa shape index (κ3) is 4.63. The van der Waals surface area contributed by atoms with Crippen molar-refractivity contribution in [1.82, 2.24) is 5.06 Å². The molecule has 0 fully saturated rings. The lowest BCUT2D eigenvalue weighted by molar-refractivity contribution is -0.130. The Morgan fingerprint density at radius 2 is 1.69 bits per heavy atom. The van der Waals surface area contributed by atoms with Crippen LogP contribution < -0.4 is 0 Å². The van der Waals surface area contributed by atoms with Crippen LogP contribution in [-0.4, -0.2) is 25.8 Å². The van der Waals surface area contributed by atoms with E-state index in [1.807, 2.05) is 12.1 Å². The lowest BCUT2D eigenvalue weighted by Gasteiger charge is -2.36. The van der Waals surface area contributed by atoms with Crippen molar-refractivity contribution in [3.8, 4) is 0 Å². The van der Waals surface area contributed by atoms with Gasteiger partial charge in [0, 0.05) is 13.6 Å². The number of hydroxylamine groups is 2. The average molecular weight is 187 g/mol. The predicted molar refractivity (Wildman–Crippen MR) is 57.4 cm³/mol. The molecule has 0 saturated heterocycles. The molecule has 1 atom stereocenters. The third-order valence-electron chi connectivity index (χ3n) is 2.68. The standard InChI is InChI=1S/C11H25NO/c1-9(2)10(11(3,4)5)8-12(6)13-7/h9-10H,8H2,1-7H3. The zero-order valence-electron chi connectivity index (χ0n) is 10.2. The van der Waals surface area contributed by atoms with Gasteiger partial charge in [0.15, 0.2) is 0 Å². The minimum atomic E-state index is 0.348. The Balaban J connectivity index is 4.28. The van der Waals surface area contributed by atoms with Crippen LogP contribution in [0.5, 0.6) is 0 Å². The van der Waals surface area contributed by atoms with E-state index in [1.165, 1.54) is 0 Å². The monoisotopic (exact) mass is 187 g/mol. The van der Waals surface area contributed by atoms with Crippen molar-refractivity contribution in [3.05, 3.63) is 0 Å². The van der Waals surface area contributed by atoms with Gasteiger partial charge in [-0.05, 0) is 17.3 Å². The highest BCUT2D eigenvalue weighted by molar-refractivity contribution is 4.77. The molecule has 0 spiro atoms. The molecule has 0 aromatic rings. The molecule has 80 valence electrons. The highest BCUT2D eigenvalue weighted by Crippen LogP contribution is 2.32. The second-order valence-electron chi connectivity index (χ2n) is 5.21. The van der Waals surface area contributed by atoms with Crippen molar-refractivity contribution in [2.24, 2.45) is 17.3 Å². The first-order valence-electron chi connectivity index (χ1n) is 5.04. The number of nitrogens with zero attached hydrogens (tertiary/aromatic N) is 1. The molecule has 0 amide bonds. The van der Waals surface area contributed by atoms with Gasteiger partial charge in [-0.15, -0.1) is 0 Å². The highest BCUT2D eigenvalue weighted by atomic mass is 16.7. The predicted octanol–water partition coefficient (Wildman–Crippen LogP) is 2.80. The van der Waals surface area contributed by atoms with E-state index >= 15 is 0 Å². The highest BCUT2D eigenvalue weighted by Gasteiger charge is 2.28. The lowest BCUT2D eigenvalue weighted by Crippen LogP contribution is -2.36. The summed E-state index contributed by atoms with van der Waals surface area (Å²) in [5.74, 6) is 1.36. The minimum absolute atomic E-state index is 0.348. The topological polar surface area (TPSA) is 12.5 Å². The molecule has 0 aromatic carbocycles. The van der Waals surface area contributed by atoms with Crippen LogP contribution in [-0.2, 0) is 4.84 Å². The molecule has 0 radical (unpaired) electrons. The molecule has 0 aliphatic carbocycles. The summed E-state index contributed by atoms with van der Waals surface area (Å²) in [4.78, 5) is 5.16. The number of hydrogen-bond acceptors (Lipinski definition) is 2. The van der Waals surface area contributed by atoms with E-state index in [2.05, 4.69) is 34.6 Å². The van der Waals surface area contributed by atoms with Gasteiger partial charge in [-0.2, -0.15) is 5.06 Å². The molecule has 0 aromatic heterocycles. The number of hydrogen-bond donors (Lipinski definition) is 0. The molecule has 1 unspecified atom stereocenters. The van der Waals surface area contributed by atoms with E-state index in [0.29, 0.717) is 17.3 Å². The first-order valence-corrected chi connectivity index (χ1v) is 5.04. The van der Waals surface area contributed by atoms with Gasteiger partial charge in [0.1, 0.15) is 0 Å². The smallest absolute Gasteiger partial charge is 0.0575 e. The van der Waals surface area contributed by atoms with E-state index < -0.39 is 0 Å². The zero-order chi connectivity index (χ0) is 10.6. The van der Waals surface area contributed by atoms with E-state index in [-0.39, 0.29) is 0 Å². The molecular formula is C11H25NO. The zero-order valence-corrected chi connectivity index (χ0v) is 10.2. The molecule has 0 saturated carbocycles. The van der Waals surface area contributed by atoms with Crippen molar-refractivity contribution in [1.29, 1.82) is 0 Å². The Hall–Kier alpha value is -0.0800. The van der Waals surface area contributed by atoms with Crippen molar-refractivity contribution in [2.45, 2.75) is 34.6 Å². The molecular weight excluding hydrogens is 162 g/mol. The van der Waals surface area contributed by atoms with E-state index in [1.54, 1.807) is 7.11 Å². The van der Waals surface area contributed by atoms with Gasteiger partial charge in [0.2, 0.25) is 0 Å². The van der Waals surface area contributed by atoms with Crippen molar-refractivity contribution < 1.29 is 4.84 Å². The fourth-order valence-electron chi connectivity index (χ4n) is 1.84. The van der Waals surface area contributed by atoms with Gasteiger partial charge in [-0.1, -0.05) is 34.6 Å². The van der Waals surface area contributed by atoms with Crippen molar-refractivity contribution in [2.75, 3.05) is 20.7 Å². The van der Waals surface area contributed by atoms with Gasteiger partial charge >= 0.3 is 0 Å². The van der Waals surface area contributed by atoms with Crippen LogP contribution in [0.3, 0.4) is 0 Å². The summed E-state index contributed by atoms with van der Waals surface area (Å²) >= 11 is 0. The average Bonchev–Trinajstić information content (AvgIpc) is 1.96. The summed E-state index contributed by atoms with van der Waals surface area (Å²) in [6, 6.07) is 0. The molecule has 0 N–H and O–H groups in total. The van der Waals surface area contributed by atoms with Gasteiger partial charge in [-0.25, -0.2) is 0 Å². The van der Waals surface area contributed by atoms with Gasteiger partial charge in [-0.3, -0.25) is 0 Å². The summed E-state index contributed by atoms with van der Waals surface area (Å²) in [7, 11) is 3.71. The van der Waals surface area contributed by atoms with Crippen LogP contribution in [0.15, 0.2) is 0 Å². The Kier molecular flexibility index (Phi) is 4.93. The Morgan fingerprint density at radius 3 is 1.92 bits per heavy atom. The maximum atomic E-state index is 5.16. The Labute approximate surface area is 83.2 Å². The first-order chi connectivity index (χ1) is 5.79. The van der Waals surface area contributed by atoms with E-state index in [9.17, 15) is 0 Å². The Bertz CT molecular complexity index is 138. The minimum Gasteiger partial charge on any atom is -0.303 e. The van der Waals surface area contributed by atoms with Gasteiger partial charge in [0.25, 0.3) is 0 Å². The fraction of sp³-hybridized carbons (Fsp3) is 1.00. The maximum Gasteiger partial charge on any atom is 0.0575 e. The van der Waals surface area contributed by atoms with Crippen LogP contribution in [0.25, 0.3) is 0 Å². The summed E-state index contributed by atoms with van der Waals surface area (Å²) in [6.07, 6.45) is 0. The molecule has 0 heterocycles. The Morgan fingerprint density at radius 1 is 1.23 bits per heavy atom. The van der Waals surface area contributed by atoms with Gasteiger partial charge in [0.05, 0.1) is 7.11 Å². The lowest BCUT2D eigenvalue weighted by atomic mass is 9.74. The normalized spacial score (nSPS) is 15.5. The SMILES string of the molecule is CON(C)CC(C(C)C)C(C)(C)C. The maximum absolute atomic E-state index is 5.16. The van der Waals surface area contributed by atoms with Crippen LogP contribution in [0.1, 0.15) is 34.6 Å². The van der Waals surface area contributed by atoms with Gasteiger partial charge < -0.3 is 4.84 Å².